The standard InChI is InChI=1S/C23H24N6O2S/c1-3-31-12-6-11-28-21(30)18-7-4-5-8-19(18)29-22(28)25-26-23(29)32-15-17-14-27-13-16(2)9-10-20(27)24-17/h4-5,7-10,13-14H,3,6,11-12,15H2,1-2H3. The van der Waals surface area contributed by atoms with Gasteiger partial charge in [0.05, 0.1) is 16.6 Å². The Kier molecular flexibility index (Phi) is 5.67. The predicted molar refractivity (Wildman–Crippen MR) is 125 cm³/mol. The number of imidazole rings is 1. The summed E-state index contributed by atoms with van der Waals surface area (Å²) in [4.78, 5) is 17.8. The van der Waals surface area contributed by atoms with E-state index in [4.69, 9.17) is 9.72 Å². The van der Waals surface area contributed by atoms with Crippen LogP contribution in [0.5, 0.6) is 0 Å². The van der Waals surface area contributed by atoms with Crippen LogP contribution in [0.15, 0.2) is 58.7 Å². The molecule has 0 spiro atoms. The fourth-order valence-corrected chi connectivity index (χ4v) is 4.68. The maximum absolute atomic E-state index is 13.1. The first kappa shape index (κ1) is 20.7. The Labute approximate surface area is 188 Å². The van der Waals surface area contributed by atoms with E-state index in [-0.39, 0.29) is 5.56 Å². The lowest BCUT2D eigenvalue weighted by atomic mass is 10.2. The third-order valence-electron chi connectivity index (χ3n) is 5.35. The molecule has 0 fully saturated rings. The number of hydrogen-bond donors (Lipinski definition) is 0. The number of fused-ring (bicyclic) bond motifs is 4. The molecule has 0 atom stereocenters. The van der Waals surface area contributed by atoms with E-state index in [1.807, 2.05) is 52.3 Å². The largest absolute Gasteiger partial charge is 0.382 e. The van der Waals surface area contributed by atoms with Crippen molar-refractivity contribution in [1.82, 2.24) is 28.5 Å². The highest BCUT2D eigenvalue weighted by atomic mass is 32.2. The summed E-state index contributed by atoms with van der Waals surface area (Å²) in [7, 11) is 0. The van der Waals surface area contributed by atoms with Crippen LogP contribution in [0.3, 0.4) is 0 Å². The summed E-state index contributed by atoms with van der Waals surface area (Å²) in [6, 6.07) is 11.7. The molecule has 0 unspecified atom stereocenters. The van der Waals surface area contributed by atoms with Crippen molar-refractivity contribution in [2.24, 2.45) is 0 Å². The molecule has 0 aliphatic heterocycles. The van der Waals surface area contributed by atoms with E-state index in [0.717, 1.165) is 28.4 Å². The van der Waals surface area contributed by atoms with Gasteiger partial charge in [-0.15, -0.1) is 10.2 Å². The highest BCUT2D eigenvalue weighted by Gasteiger charge is 2.17. The van der Waals surface area contributed by atoms with Crippen molar-refractivity contribution in [3.63, 3.8) is 0 Å². The molecule has 9 heteroatoms. The van der Waals surface area contributed by atoms with Crippen molar-refractivity contribution in [3.8, 4) is 0 Å². The molecule has 8 nitrogen and oxygen atoms in total. The van der Waals surface area contributed by atoms with Crippen molar-refractivity contribution in [2.75, 3.05) is 13.2 Å². The highest BCUT2D eigenvalue weighted by Crippen LogP contribution is 2.24. The van der Waals surface area contributed by atoms with Crippen LogP contribution in [0.4, 0.5) is 0 Å². The first-order chi connectivity index (χ1) is 15.7. The number of aryl methyl sites for hydroxylation is 2. The van der Waals surface area contributed by atoms with Gasteiger partial charge in [-0.2, -0.15) is 0 Å². The Bertz CT molecular complexity index is 1470. The summed E-state index contributed by atoms with van der Waals surface area (Å²) in [5.41, 5.74) is 3.83. The number of aromatic nitrogens is 6. The Hall–Kier alpha value is -3.17. The number of rotatable bonds is 8. The second-order valence-corrected chi connectivity index (χ2v) is 8.58. The zero-order chi connectivity index (χ0) is 22.1. The SMILES string of the molecule is CCOCCCn1c(=O)c2ccccc2n2c(SCc3cn4cc(C)ccc4n3)nnc12. The molecule has 0 aliphatic carbocycles. The topological polar surface area (TPSA) is 78.7 Å². The number of pyridine rings is 1. The summed E-state index contributed by atoms with van der Waals surface area (Å²) in [6.07, 6.45) is 4.84. The average molecular weight is 449 g/mol. The monoisotopic (exact) mass is 448 g/mol. The molecule has 32 heavy (non-hydrogen) atoms. The number of benzene rings is 1. The quantitative estimate of drug-likeness (QED) is 0.266. The predicted octanol–water partition coefficient (Wildman–Crippen LogP) is 3.72. The lowest BCUT2D eigenvalue weighted by Crippen LogP contribution is -2.24. The smallest absolute Gasteiger partial charge is 0.262 e. The molecule has 1 aromatic carbocycles. The number of nitrogens with zero attached hydrogens (tertiary/aromatic N) is 6. The lowest BCUT2D eigenvalue weighted by Gasteiger charge is -2.11. The zero-order valence-electron chi connectivity index (χ0n) is 18.1. The number of thioether (sulfide) groups is 1. The Morgan fingerprint density at radius 3 is 2.84 bits per heavy atom. The maximum atomic E-state index is 13.1. The fraction of sp³-hybridized carbons (Fsp3) is 0.304. The van der Waals surface area contributed by atoms with Gasteiger partial charge in [-0.1, -0.05) is 30.0 Å². The first-order valence-corrected chi connectivity index (χ1v) is 11.7. The number of hydrogen-bond acceptors (Lipinski definition) is 6. The molecule has 4 aromatic heterocycles. The van der Waals surface area contributed by atoms with Crippen LogP contribution in [-0.4, -0.2) is 41.8 Å². The molecule has 4 heterocycles. The molecule has 5 rings (SSSR count). The fourth-order valence-electron chi connectivity index (χ4n) is 3.86. The molecule has 0 radical (unpaired) electrons. The maximum Gasteiger partial charge on any atom is 0.262 e. The van der Waals surface area contributed by atoms with Crippen LogP contribution in [0.1, 0.15) is 24.6 Å². The van der Waals surface area contributed by atoms with Gasteiger partial charge in [0.1, 0.15) is 5.65 Å². The third-order valence-corrected chi connectivity index (χ3v) is 6.31. The summed E-state index contributed by atoms with van der Waals surface area (Å²) in [5, 5.41) is 10.2. The summed E-state index contributed by atoms with van der Waals surface area (Å²) in [6.45, 7) is 5.82. The van der Waals surface area contributed by atoms with Crippen LogP contribution >= 0.6 is 11.8 Å². The molecule has 5 aromatic rings. The van der Waals surface area contributed by atoms with Crippen molar-refractivity contribution in [1.29, 1.82) is 0 Å². The van der Waals surface area contributed by atoms with E-state index in [1.54, 1.807) is 16.3 Å². The Morgan fingerprint density at radius 2 is 1.97 bits per heavy atom. The van der Waals surface area contributed by atoms with Gasteiger partial charge in [0, 0.05) is 37.9 Å². The molecule has 0 amide bonds. The normalized spacial score (nSPS) is 11.8. The Balaban J connectivity index is 1.51. The van der Waals surface area contributed by atoms with Crippen molar-refractivity contribution in [3.05, 3.63) is 70.4 Å². The molecule has 164 valence electrons. The average Bonchev–Trinajstić information content (AvgIpc) is 3.40. The van der Waals surface area contributed by atoms with Gasteiger partial charge in [-0.05, 0) is 44.0 Å². The summed E-state index contributed by atoms with van der Waals surface area (Å²) >= 11 is 1.56. The second kappa shape index (κ2) is 8.76. The van der Waals surface area contributed by atoms with Crippen LogP contribution in [-0.2, 0) is 17.0 Å². The molecule has 0 N–H and O–H groups in total. The molecular weight excluding hydrogens is 424 g/mol. The van der Waals surface area contributed by atoms with E-state index in [2.05, 4.69) is 29.4 Å². The van der Waals surface area contributed by atoms with E-state index in [1.165, 1.54) is 5.56 Å². The van der Waals surface area contributed by atoms with Crippen LogP contribution in [0, 0.1) is 6.92 Å². The lowest BCUT2D eigenvalue weighted by molar-refractivity contribution is 0.141. The molecule has 0 saturated heterocycles. The van der Waals surface area contributed by atoms with Gasteiger partial charge in [-0.3, -0.25) is 13.8 Å². The highest BCUT2D eigenvalue weighted by molar-refractivity contribution is 7.98. The summed E-state index contributed by atoms with van der Waals surface area (Å²) in [5.74, 6) is 1.21. The minimum Gasteiger partial charge on any atom is -0.382 e. The van der Waals surface area contributed by atoms with E-state index in [9.17, 15) is 4.79 Å². The van der Waals surface area contributed by atoms with Gasteiger partial charge in [0.15, 0.2) is 5.16 Å². The van der Waals surface area contributed by atoms with Crippen LogP contribution in [0.25, 0.3) is 22.3 Å². The van der Waals surface area contributed by atoms with Crippen molar-refractivity contribution < 1.29 is 4.74 Å². The first-order valence-electron chi connectivity index (χ1n) is 10.7. The van der Waals surface area contributed by atoms with Crippen LogP contribution < -0.4 is 5.56 Å². The third kappa shape index (κ3) is 3.78. The van der Waals surface area contributed by atoms with Gasteiger partial charge in [0.25, 0.3) is 5.56 Å². The van der Waals surface area contributed by atoms with Gasteiger partial charge < -0.3 is 9.14 Å². The zero-order valence-corrected chi connectivity index (χ0v) is 18.9. The molecule has 0 saturated carbocycles. The van der Waals surface area contributed by atoms with Gasteiger partial charge in [0.2, 0.25) is 5.78 Å². The Morgan fingerprint density at radius 1 is 1.09 bits per heavy atom. The van der Waals surface area contributed by atoms with E-state index in [0.29, 0.717) is 36.7 Å². The van der Waals surface area contributed by atoms with Crippen LogP contribution in [0.2, 0.25) is 0 Å². The van der Waals surface area contributed by atoms with Crippen molar-refractivity contribution in [2.45, 2.75) is 37.7 Å². The number of para-hydroxylation sites is 1. The van der Waals surface area contributed by atoms with Gasteiger partial charge >= 0.3 is 0 Å². The number of ether oxygens (including phenoxy) is 1. The second-order valence-electron chi connectivity index (χ2n) is 7.64. The van der Waals surface area contributed by atoms with Crippen molar-refractivity contribution >= 4 is 34.1 Å². The van der Waals surface area contributed by atoms with E-state index < -0.39 is 0 Å². The molecular formula is C23H24N6O2S. The van der Waals surface area contributed by atoms with Gasteiger partial charge in [-0.25, -0.2) is 4.98 Å². The summed E-state index contributed by atoms with van der Waals surface area (Å²) < 4.78 is 11.2. The minimum absolute atomic E-state index is 0.0516. The molecule has 0 bridgehead atoms. The van der Waals surface area contributed by atoms with E-state index >= 15 is 0 Å². The molecule has 0 aliphatic rings. The minimum atomic E-state index is -0.0516.